The maximum Gasteiger partial charge on any atom is 0.484 e. The van der Waals surface area contributed by atoms with E-state index in [1.807, 2.05) is 0 Å². The first-order valence-electron chi connectivity index (χ1n) is 5.67. The SMILES string of the molecule is O=C(O)C1CC2=C(CCCC2)N(C(F)(F)F)C1. The van der Waals surface area contributed by atoms with Gasteiger partial charge in [0.25, 0.3) is 0 Å². The van der Waals surface area contributed by atoms with Crippen LogP contribution in [0.15, 0.2) is 11.3 Å². The molecule has 1 unspecified atom stereocenters. The Morgan fingerprint density at radius 3 is 2.53 bits per heavy atom. The van der Waals surface area contributed by atoms with Crippen molar-refractivity contribution in [2.24, 2.45) is 5.92 Å². The molecule has 0 saturated carbocycles. The highest BCUT2D eigenvalue weighted by atomic mass is 19.4. The quantitative estimate of drug-likeness (QED) is 0.726. The van der Waals surface area contributed by atoms with Gasteiger partial charge in [0.1, 0.15) is 0 Å². The number of nitrogens with zero attached hydrogens (tertiary/aromatic N) is 1. The van der Waals surface area contributed by atoms with Crippen molar-refractivity contribution >= 4 is 5.97 Å². The minimum atomic E-state index is -4.47. The first-order chi connectivity index (χ1) is 7.89. The van der Waals surface area contributed by atoms with E-state index in [1.165, 1.54) is 0 Å². The molecule has 6 heteroatoms. The van der Waals surface area contributed by atoms with Gasteiger partial charge in [-0.15, -0.1) is 0 Å². The summed E-state index contributed by atoms with van der Waals surface area (Å²) >= 11 is 0. The van der Waals surface area contributed by atoms with Crippen molar-refractivity contribution in [3.8, 4) is 0 Å². The summed E-state index contributed by atoms with van der Waals surface area (Å²) < 4.78 is 38.5. The molecule has 0 amide bonds. The van der Waals surface area contributed by atoms with Gasteiger partial charge < -0.3 is 5.11 Å². The lowest BCUT2D eigenvalue weighted by atomic mass is 9.85. The normalized spacial score (nSPS) is 25.8. The molecule has 17 heavy (non-hydrogen) atoms. The zero-order valence-electron chi connectivity index (χ0n) is 9.26. The van der Waals surface area contributed by atoms with Gasteiger partial charge in [-0.3, -0.25) is 9.69 Å². The molecule has 1 aliphatic carbocycles. The molecule has 2 aliphatic rings. The number of carboxylic acids is 1. The van der Waals surface area contributed by atoms with Crippen LogP contribution in [0.3, 0.4) is 0 Å². The summed E-state index contributed by atoms with van der Waals surface area (Å²) in [4.78, 5) is 11.2. The van der Waals surface area contributed by atoms with E-state index < -0.39 is 24.7 Å². The van der Waals surface area contributed by atoms with Crippen LogP contribution < -0.4 is 0 Å². The fourth-order valence-electron chi connectivity index (χ4n) is 2.61. The second-order valence-corrected chi connectivity index (χ2v) is 4.58. The monoisotopic (exact) mass is 249 g/mol. The van der Waals surface area contributed by atoms with E-state index >= 15 is 0 Å². The van der Waals surface area contributed by atoms with E-state index in [-0.39, 0.29) is 6.42 Å². The van der Waals surface area contributed by atoms with E-state index in [0.717, 1.165) is 12.8 Å². The molecule has 0 aromatic carbocycles. The smallest absolute Gasteiger partial charge is 0.481 e. The molecular weight excluding hydrogens is 235 g/mol. The first kappa shape index (κ1) is 12.3. The Labute approximate surface area is 96.9 Å². The highest BCUT2D eigenvalue weighted by Crippen LogP contribution is 2.41. The van der Waals surface area contributed by atoms with E-state index in [1.54, 1.807) is 0 Å². The molecule has 0 bridgehead atoms. The second-order valence-electron chi connectivity index (χ2n) is 4.58. The van der Waals surface area contributed by atoms with Crippen LogP contribution in [-0.4, -0.2) is 28.8 Å². The van der Waals surface area contributed by atoms with Crippen molar-refractivity contribution in [1.29, 1.82) is 0 Å². The molecule has 3 nitrogen and oxygen atoms in total. The summed E-state index contributed by atoms with van der Waals surface area (Å²) in [5, 5.41) is 8.90. The Kier molecular flexibility index (Phi) is 3.05. The van der Waals surface area contributed by atoms with Crippen molar-refractivity contribution in [2.75, 3.05) is 6.54 Å². The van der Waals surface area contributed by atoms with E-state index in [4.69, 9.17) is 5.11 Å². The molecule has 1 atom stereocenters. The van der Waals surface area contributed by atoms with Crippen molar-refractivity contribution in [3.63, 3.8) is 0 Å². The van der Waals surface area contributed by atoms with E-state index in [2.05, 4.69) is 0 Å². The van der Waals surface area contributed by atoms with Gasteiger partial charge in [0.05, 0.1) is 5.92 Å². The Morgan fingerprint density at radius 1 is 1.29 bits per heavy atom. The molecule has 0 spiro atoms. The molecule has 1 aliphatic heterocycles. The molecule has 96 valence electrons. The molecule has 0 saturated heterocycles. The Bertz CT molecular complexity index is 362. The lowest BCUT2D eigenvalue weighted by Crippen LogP contribution is -2.46. The van der Waals surface area contributed by atoms with Gasteiger partial charge in [-0.1, -0.05) is 0 Å². The van der Waals surface area contributed by atoms with Gasteiger partial charge in [-0.25, -0.2) is 0 Å². The average Bonchev–Trinajstić information content (AvgIpc) is 2.26. The fraction of sp³-hybridized carbons (Fsp3) is 0.727. The predicted octanol–water partition coefficient (Wildman–Crippen LogP) is 2.74. The van der Waals surface area contributed by atoms with E-state index in [0.29, 0.717) is 29.0 Å². The zero-order chi connectivity index (χ0) is 12.6. The van der Waals surface area contributed by atoms with Crippen molar-refractivity contribution in [2.45, 2.75) is 38.4 Å². The largest absolute Gasteiger partial charge is 0.484 e. The molecule has 0 radical (unpaired) electrons. The molecular formula is C11H14F3NO2. The summed E-state index contributed by atoms with van der Waals surface area (Å²) in [5.74, 6) is -2.08. The van der Waals surface area contributed by atoms with Crippen LogP contribution in [0, 0.1) is 5.92 Å². The minimum Gasteiger partial charge on any atom is -0.481 e. The Balaban J connectivity index is 2.32. The highest BCUT2D eigenvalue weighted by Gasteiger charge is 2.44. The fourth-order valence-corrected chi connectivity index (χ4v) is 2.61. The van der Waals surface area contributed by atoms with Gasteiger partial charge in [0, 0.05) is 12.2 Å². The van der Waals surface area contributed by atoms with Crippen LogP contribution in [-0.2, 0) is 4.79 Å². The molecule has 1 N–H and O–H groups in total. The number of hydrogen-bond donors (Lipinski definition) is 1. The molecule has 2 rings (SSSR count). The first-order valence-corrected chi connectivity index (χ1v) is 5.67. The van der Waals surface area contributed by atoms with Crippen molar-refractivity contribution in [3.05, 3.63) is 11.3 Å². The topological polar surface area (TPSA) is 40.5 Å². The van der Waals surface area contributed by atoms with Gasteiger partial charge in [0.2, 0.25) is 0 Å². The standard InChI is InChI=1S/C11H14F3NO2/c12-11(13,14)15-6-8(10(16)17)5-7-3-1-2-4-9(7)15/h8H,1-6H2,(H,16,17). The molecule has 0 aromatic rings. The Hall–Kier alpha value is -1.20. The van der Waals surface area contributed by atoms with Gasteiger partial charge in [-0.2, -0.15) is 13.2 Å². The summed E-state index contributed by atoms with van der Waals surface area (Å²) in [6, 6.07) is 0. The molecule has 0 fully saturated rings. The summed E-state index contributed by atoms with van der Waals surface area (Å²) in [6.45, 7) is -0.447. The average molecular weight is 249 g/mol. The van der Waals surface area contributed by atoms with Crippen molar-refractivity contribution in [1.82, 2.24) is 4.90 Å². The summed E-state index contributed by atoms with van der Waals surface area (Å²) in [7, 11) is 0. The number of rotatable bonds is 1. The maximum absolute atomic E-state index is 12.8. The van der Waals surface area contributed by atoms with Crippen LogP contribution in [0.5, 0.6) is 0 Å². The zero-order valence-corrected chi connectivity index (χ0v) is 9.26. The third-order valence-corrected chi connectivity index (χ3v) is 3.43. The number of carboxylic acid groups (broad SMARTS) is 1. The number of allylic oxidation sites excluding steroid dienone is 2. The third kappa shape index (κ3) is 2.40. The van der Waals surface area contributed by atoms with Crippen LogP contribution in [0.1, 0.15) is 32.1 Å². The molecule has 1 heterocycles. The number of carbonyl (C=O) groups is 1. The number of aliphatic carboxylic acids is 1. The van der Waals surface area contributed by atoms with Crippen LogP contribution >= 0.6 is 0 Å². The number of halogens is 3. The number of hydrogen-bond acceptors (Lipinski definition) is 2. The highest BCUT2D eigenvalue weighted by molar-refractivity contribution is 5.71. The molecule has 0 aromatic heterocycles. The van der Waals surface area contributed by atoms with E-state index in [9.17, 15) is 18.0 Å². The van der Waals surface area contributed by atoms with Crippen LogP contribution in [0.2, 0.25) is 0 Å². The van der Waals surface area contributed by atoms with Gasteiger partial charge >= 0.3 is 12.3 Å². The second kappa shape index (κ2) is 4.23. The van der Waals surface area contributed by atoms with Crippen molar-refractivity contribution < 1.29 is 23.1 Å². The Morgan fingerprint density at radius 2 is 1.94 bits per heavy atom. The van der Waals surface area contributed by atoms with Crippen LogP contribution in [0.25, 0.3) is 0 Å². The number of alkyl halides is 3. The summed E-state index contributed by atoms with van der Waals surface area (Å²) in [5.41, 5.74) is 1.01. The minimum absolute atomic E-state index is 0.275. The van der Waals surface area contributed by atoms with Crippen LogP contribution in [0.4, 0.5) is 13.2 Å². The third-order valence-electron chi connectivity index (χ3n) is 3.43. The lowest BCUT2D eigenvalue weighted by molar-refractivity contribution is -0.239. The lowest BCUT2D eigenvalue weighted by Gasteiger charge is -2.39. The predicted molar refractivity (Wildman–Crippen MR) is 54.0 cm³/mol. The van der Waals surface area contributed by atoms with Gasteiger partial charge in [0.15, 0.2) is 0 Å². The van der Waals surface area contributed by atoms with Gasteiger partial charge in [-0.05, 0) is 37.7 Å². The maximum atomic E-state index is 12.8. The summed E-state index contributed by atoms with van der Waals surface area (Å²) in [6.07, 6.45) is -1.56.